The predicted molar refractivity (Wildman–Crippen MR) is 81.3 cm³/mol. The first kappa shape index (κ1) is 14.1. The number of nitrogens with zero attached hydrogens (tertiary/aromatic N) is 3. The third-order valence-corrected chi connectivity index (χ3v) is 2.69. The largest absolute Gasteiger partial charge is 0.291 e. The van der Waals surface area contributed by atoms with Crippen molar-refractivity contribution in [3.8, 4) is 0 Å². The van der Waals surface area contributed by atoms with Crippen LogP contribution in [0.5, 0.6) is 0 Å². The number of allylic oxidation sites excluding steroid dienone is 1. The van der Waals surface area contributed by atoms with E-state index in [0.717, 1.165) is 10.0 Å². The SMILES string of the molecule is O=C(NN=C/C(Br)=C/c1ccccc1)c1cnccn1. The number of halogens is 1. The Bertz CT molecular complexity index is 626. The van der Waals surface area contributed by atoms with E-state index in [-0.39, 0.29) is 5.69 Å². The molecule has 6 heteroatoms. The smallest absolute Gasteiger partial charge is 0.265 e. The third kappa shape index (κ3) is 4.40. The zero-order valence-electron chi connectivity index (χ0n) is 10.4. The topological polar surface area (TPSA) is 67.2 Å². The molecule has 0 bridgehead atoms. The Morgan fingerprint density at radius 3 is 2.75 bits per heavy atom. The van der Waals surface area contributed by atoms with Crippen LogP contribution in [0.15, 0.2) is 58.5 Å². The molecule has 20 heavy (non-hydrogen) atoms. The molecular formula is C14H11BrN4O. The number of benzene rings is 1. The number of hydrogen-bond acceptors (Lipinski definition) is 4. The van der Waals surface area contributed by atoms with E-state index in [2.05, 4.69) is 36.4 Å². The van der Waals surface area contributed by atoms with Gasteiger partial charge in [0, 0.05) is 16.9 Å². The fourth-order valence-corrected chi connectivity index (χ4v) is 1.74. The summed E-state index contributed by atoms with van der Waals surface area (Å²) in [7, 11) is 0. The minimum absolute atomic E-state index is 0.216. The second kappa shape index (κ2) is 7.30. The lowest BCUT2D eigenvalue weighted by molar-refractivity contribution is 0.0950. The number of amides is 1. The van der Waals surface area contributed by atoms with Gasteiger partial charge in [-0.3, -0.25) is 9.78 Å². The quantitative estimate of drug-likeness (QED) is 0.692. The lowest BCUT2D eigenvalue weighted by atomic mass is 10.2. The van der Waals surface area contributed by atoms with Crippen LogP contribution in [-0.2, 0) is 0 Å². The summed E-state index contributed by atoms with van der Waals surface area (Å²) in [5.74, 6) is -0.408. The average Bonchev–Trinajstić information content (AvgIpc) is 2.49. The maximum Gasteiger partial charge on any atom is 0.291 e. The molecule has 0 fully saturated rings. The van der Waals surface area contributed by atoms with Gasteiger partial charge in [0.05, 0.1) is 12.4 Å². The van der Waals surface area contributed by atoms with Gasteiger partial charge in [0.2, 0.25) is 0 Å². The molecule has 0 saturated carbocycles. The van der Waals surface area contributed by atoms with Crippen molar-refractivity contribution in [2.24, 2.45) is 5.10 Å². The molecule has 0 aliphatic heterocycles. The summed E-state index contributed by atoms with van der Waals surface area (Å²) in [5, 5.41) is 3.84. The van der Waals surface area contributed by atoms with Crippen LogP contribution in [0.4, 0.5) is 0 Å². The Balaban J connectivity index is 1.94. The standard InChI is InChI=1S/C14H11BrN4O/c15-12(8-11-4-2-1-3-5-11)9-18-19-14(20)13-10-16-6-7-17-13/h1-10H,(H,19,20)/b12-8-,18-9?. The van der Waals surface area contributed by atoms with Crippen molar-refractivity contribution in [3.63, 3.8) is 0 Å². The van der Waals surface area contributed by atoms with Gasteiger partial charge in [0.1, 0.15) is 5.69 Å². The summed E-state index contributed by atoms with van der Waals surface area (Å²) in [6.07, 6.45) is 7.71. The Kier molecular flexibility index (Phi) is 5.14. The van der Waals surface area contributed by atoms with E-state index in [1.807, 2.05) is 36.4 Å². The van der Waals surface area contributed by atoms with Crippen LogP contribution < -0.4 is 5.43 Å². The molecule has 1 aromatic carbocycles. The monoisotopic (exact) mass is 330 g/mol. The normalized spacial score (nSPS) is 11.6. The number of hydrazone groups is 1. The summed E-state index contributed by atoms with van der Waals surface area (Å²) < 4.78 is 0.739. The van der Waals surface area contributed by atoms with Gasteiger partial charge in [-0.2, -0.15) is 5.10 Å². The Labute approximate surface area is 124 Å². The van der Waals surface area contributed by atoms with Crippen LogP contribution in [0.3, 0.4) is 0 Å². The molecule has 0 spiro atoms. The van der Waals surface area contributed by atoms with Gasteiger partial charge in [0.25, 0.3) is 5.91 Å². The lowest BCUT2D eigenvalue weighted by Gasteiger charge is -1.97. The fourth-order valence-electron chi connectivity index (χ4n) is 1.37. The summed E-state index contributed by atoms with van der Waals surface area (Å²) in [6, 6.07) is 9.76. The molecule has 1 heterocycles. The van der Waals surface area contributed by atoms with E-state index in [4.69, 9.17) is 0 Å². The van der Waals surface area contributed by atoms with Gasteiger partial charge in [-0.15, -0.1) is 0 Å². The van der Waals surface area contributed by atoms with Crippen molar-refractivity contribution >= 4 is 34.1 Å². The second-order valence-corrected chi connectivity index (χ2v) is 4.65. The molecule has 1 aromatic heterocycles. The van der Waals surface area contributed by atoms with E-state index in [1.165, 1.54) is 24.8 Å². The number of nitrogens with one attached hydrogen (secondary N) is 1. The van der Waals surface area contributed by atoms with Gasteiger partial charge < -0.3 is 0 Å². The van der Waals surface area contributed by atoms with Crippen LogP contribution in [0, 0.1) is 0 Å². The molecule has 1 amide bonds. The van der Waals surface area contributed by atoms with Gasteiger partial charge >= 0.3 is 0 Å². The summed E-state index contributed by atoms with van der Waals surface area (Å²) in [6.45, 7) is 0. The fraction of sp³-hybridized carbons (Fsp3) is 0. The first-order valence-corrected chi connectivity index (χ1v) is 6.56. The second-order valence-electron chi connectivity index (χ2n) is 3.73. The molecule has 0 unspecified atom stereocenters. The molecule has 2 aromatic rings. The summed E-state index contributed by atoms with van der Waals surface area (Å²) in [5.41, 5.74) is 3.62. The molecule has 2 rings (SSSR count). The highest BCUT2D eigenvalue weighted by Gasteiger charge is 2.04. The van der Waals surface area contributed by atoms with Crippen molar-refractivity contribution in [2.45, 2.75) is 0 Å². The number of aromatic nitrogens is 2. The third-order valence-electron chi connectivity index (χ3n) is 2.25. The van der Waals surface area contributed by atoms with Crippen molar-refractivity contribution in [3.05, 3.63) is 64.7 Å². The van der Waals surface area contributed by atoms with Gasteiger partial charge in [-0.25, -0.2) is 10.4 Å². The summed E-state index contributed by atoms with van der Waals surface area (Å²) in [4.78, 5) is 19.3. The zero-order valence-corrected chi connectivity index (χ0v) is 12.0. The Hall–Kier alpha value is -2.34. The molecular weight excluding hydrogens is 320 g/mol. The van der Waals surface area contributed by atoms with Crippen LogP contribution in [0.25, 0.3) is 6.08 Å². The minimum Gasteiger partial charge on any atom is -0.265 e. The molecule has 1 N–H and O–H groups in total. The highest BCUT2D eigenvalue weighted by Crippen LogP contribution is 2.09. The predicted octanol–water partition coefficient (Wildman–Crippen LogP) is 2.63. The first-order valence-electron chi connectivity index (χ1n) is 5.77. The number of carbonyl (C=O) groups excluding carboxylic acids is 1. The Morgan fingerprint density at radius 2 is 2.05 bits per heavy atom. The zero-order chi connectivity index (χ0) is 14.2. The first-order chi connectivity index (χ1) is 9.75. The molecule has 0 saturated heterocycles. The van der Waals surface area contributed by atoms with Gasteiger partial charge in [0.15, 0.2) is 0 Å². The summed E-state index contributed by atoms with van der Waals surface area (Å²) >= 11 is 3.35. The average molecular weight is 331 g/mol. The molecule has 0 radical (unpaired) electrons. The van der Waals surface area contributed by atoms with E-state index >= 15 is 0 Å². The van der Waals surface area contributed by atoms with Crippen molar-refractivity contribution < 1.29 is 4.79 Å². The lowest BCUT2D eigenvalue weighted by Crippen LogP contribution is -2.18. The van der Waals surface area contributed by atoms with Crippen LogP contribution >= 0.6 is 15.9 Å². The molecule has 5 nitrogen and oxygen atoms in total. The Morgan fingerprint density at radius 1 is 1.25 bits per heavy atom. The van der Waals surface area contributed by atoms with E-state index in [0.29, 0.717) is 0 Å². The number of carbonyl (C=O) groups is 1. The van der Waals surface area contributed by atoms with E-state index < -0.39 is 5.91 Å². The van der Waals surface area contributed by atoms with E-state index in [1.54, 1.807) is 0 Å². The van der Waals surface area contributed by atoms with Crippen molar-refractivity contribution in [1.29, 1.82) is 0 Å². The molecule has 0 aliphatic carbocycles. The molecule has 0 aliphatic rings. The molecule has 100 valence electrons. The van der Waals surface area contributed by atoms with Crippen LogP contribution in [0.1, 0.15) is 16.1 Å². The van der Waals surface area contributed by atoms with Gasteiger partial charge in [-0.05, 0) is 27.6 Å². The highest BCUT2D eigenvalue weighted by molar-refractivity contribution is 9.12. The highest BCUT2D eigenvalue weighted by atomic mass is 79.9. The van der Waals surface area contributed by atoms with Crippen LogP contribution in [0.2, 0.25) is 0 Å². The van der Waals surface area contributed by atoms with Crippen LogP contribution in [-0.4, -0.2) is 22.1 Å². The minimum atomic E-state index is -0.408. The number of rotatable bonds is 4. The van der Waals surface area contributed by atoms with Gasteiger partial charge in [-0.1, -0.05) is 30.3 Å². The van der Waals surface area contributed by atoms with Crippen molar-refractivity contribution in [1.82, 2.24) is 15.4 Å². The molecule has 0 atom stereocenters. The van der Waals surface area contributed by atoms with E-state index in [9.17, 15) is 4.79 Å². The maximum absolute atomic E-state index is 11.6. The number of hydrogen-bond donors (Lipinski definition) is 1. The maximum atomic E-state index is 11.6. The van der Waals surface area contributed by atoms with Crippen molar-refractivity contribution in [2.75, 3.05) is 0 Å².